The molecule has 220 valence electrons. The minimum absolute atomic E-state index is 0.0496. The van der Waals surface area contributed by atoms with Gasteiger partial charge in [-0.1, -0.05) is 18.2 Å². The van der Waals surface area contributed by atoms with E-state index in [0.717, 1.165) is 27.6 Å². The minimum atomic E-state index is -1.59. The Labute approximate surface area is 242 Å². The number of aldehydes is 1. The minimum Gasteiger partial charge on any atom is -0.508 e. The molecule has 2 aliphatic rings. The summed E-state index contributed by atoms with van der Waals surface area (Å²) in [5.74, 6) is 0.636. The molecular formula is C32H33F2N3O5. The lowest BCUT2D eigenvalue weighted by molar-refractivity contribution is -0.132. The van der Waals surface area contributed by atoms with Crippen LogP contribution in [0.15, 0.2) is 54.6 Å². The van der Waals surface area contributed by atoms with Crippen molar-refractivity contribution in [1.29, 1.82) is 0 Å². The Balaban J connectivity index is 1.57. The Kier molecular flexibility index (Phi) is 7.87. The Morgan fingerprint density at radius 2 is 1.71 bits per heavy atom. The molecule has 0 saturated carbocycles. The van der Waals surface area contributed by atoms with Gasteiger partial charge in [-0.25, -0.2) is 0 Å². The maximum Gasteiger partial charge on any atom is 0.315 e. The molecule has 2 aliphatic heterocycles. The summed E-state index contributed by atoms with van der Waals surface area (Å²) in [6, 6.07) is 11.8. The van der Waals surface area contributed by atoms with Crippen LogP contribution < -0.4 is 9.64 Å². The van der Waals surface area contributed by atoms with E-state index < -0.39 is 36.3 Å². The van der Waals surface area contributed by atoms with Crippen molar-refractivity contribution in [3.63, 3.8) is 0 Å². The number of anilines is 1. The molecule has 0 aromatic heterocycles. The van der Waals surface area contributed by atoms with E-state index in [2.05, 4.69) is 24.8 Å². The van der Waals surface area contributed by atoms with Crippen molar-refractivity contribution in [3.8, 4) is 11.5 Å². The monoisotopic (exact) mass is 577 g/mol. The first kappa shape index (κ1) is 29.3. The van der Waals surface area contributed by atoms with Crippen molar-refractivity contribution in [1.82, 2.24) is 9.80 Å². The highest BCUT2D eigenvalue weighted by Gasteiger charge is 2.57. The highest BCUT2D eigenvalue weighted by molar-refractivity contribution is 5.96. The number of phenols is 1. The number of aromatic hydroxyl groups is 1. The second-order valence-corrected chi connectivity index (χ2v) is 11.3. The van der Waals surface area contributed by atoms with Crippen LogP contribution in [0.2, 0.25) is 0 Å². The average Bonchev–Trinajstić information content (AvgIpc) is 3.09. The molecule has 0 saturated heterocycles. The molecule has 3 aromatic carbocycles. The summed E-state index contributed by atoms with van der Waals surface area (Å²) in [7, 11) is 1.98. The van der Waals surface area contributed by atoms with Gasteiger partial charge in [0.05, 0.1) is 25.0 Å². The van der Waals surface area contributed by atoms with Gasteiger partial charge in [0.1, 0.15) is 17.8 Å². The van der Waals surface area contributed by atoms with Gasteiger partial charge in [-0.05, 0) is 72.7 Å². The van der Waals surface area contributed by atoms with Gasteiger partial charge in [0.25, 0.3) is 0 Å². The third-order valence-electron chi connectivity index (χ3n) is 8.41. The molecule has 0 aliphatic carbocycles. The molecule has 0 fully saturated rings. The lowest BCUT2D eigenvalue weighted by atomic mass is 9.76. The number of ether oxygens (including phenoxy) is 1. The number of benzene rings is 3. The molecule has 0 amide bonds. The first-order valence-electron chi connectivity index (χ1n) is 13.7. The van der Waals surface area contributed by atoms with E-state index in [0.29, 0.717) is 17.6 Å². The number of rotatable bonds is 11. The van der Waals surface area contributed by atoms with Gasteiger partial charge in [-0.15, -0.1) is 0 Å². The van der Waals surface area contributed by atoms with Gasteiger partial charge in [0.15, 0.2) is 0 Å². The second-order valence-electron chi connectivity index (χ2n) is 11.3. The van der Waals surface area contributed by atoms with Crippen LogP contribution in [0.25, 0.3) is 16.8 Å². The Morgan fingerprint density at radius 3 is 2.40 bits per heavy atom. The van der Waals surface area contributed by atoms with Gasteiger partial charge in [-0.3, -0.25) is 19.4 Å². The largest absolute Gasteiger partial charge is 0.508 e. The molecule has 42 heavy (non-hydrogen) atoms. The Bertz CT molecular complexity index is 1590. The standard InChI is InChI=1S/C32H33F2N3O5/c1-31(2)26-6-4-5-7-27(26)35(3)32(31)11-10-25-24-9-8-23(39)17-21(24)16-22(30(25)42-32)18-37(20-29(34)41)13-12-36(14-15-38)19-28(33)40/h4-11,15-17,39H,12-14,18-20H2,1-3H3. The lowest BCUT2D eigenvalue weighted by Crippen LogP contribution is -2.58. The third kappa shape index (κ3) is 5.16. The summed E-state index contributed by atoms with van der Waals surface area (Å²) < 4.78 is 33.9. The topological polar surface area (TPSA) is 90.4 Å². The normalized spacial score (nSPS) is 18.4. The molecule has 1 N–H and O–H groups in total. The summed E-state index contributed by atoms with van der Waals surface area (Å²) in [5, 5.41) is 11.8. The molecule has 3 aromatic rings. The van der Waals surface area contributed by atoms with Crippen LogP contribution in [0.5, 0.6) is 11.5 Å². The van der Waals surface area contributed by atoms with E-state index in [1.807, 2.05) is 49.5 Å². The maximum atomic E-state index is 13.8. The number of carbonyl (C=O) groups excluding carboxylic acids is 3. The Hall–Kier alpha value is -4.15. The third-order valence-corrected chi connectivity index (χ3v) is 8.41. The van der Waals surface area contributed by atoms with Crippen LogP contribution >= 0.6 is 0 Å². The molecule has 5 rings (SSSR count). The van der Waals surface area contributed by atoms with Gasteiger partial charge in [-0.2, -0.15) is 8.78 Å². The Morgan fingerprint density at radius 1 is 1.02 bits per heavy atom. The number of fused-ring (bicyclic) bond motifs is 4. The van der Waals surface area contributed by atoms with E-state index >= 15 is 0 Å². The highest BCUT2D eigenvalue weighted by Crippen LogP contribution is 2.55. The summed E-state index contributed by atoms with van der Waals surface area (Å²) in [5.41, 5.74) is 2.21. The maximum absolute atomic E-state index is 13.8. The summed E-state index contributed by atoms with van der Waals surface area (Å²) in [6.45, 7) is 3.10. The molecule has 2 heterocycles. The van der Waals surface area contributed by atoms with Crippen molar-refractivity contribution in [2.45, 2.75) is 31.5 Å². The van der Waals surface area contributed by atoms with E-state index in [4.69, 9.17) is 4.74 Å². The molecule has 1 spiro atoms. The van der Waals surface area contributed by atoms with Crippen LogP contribution in [0.1, 0.15) is 30.5 Å². The van der Waals surface area contributed by atoms with E-state index in [9.17, 15) is 28.3 Å². The van der Waals surface area contributed by atoms with Gasteiger partial charge >= 0.3 is 12.1 Å². The predicted octanol–water partition coefficient (Wildman–Crippen LogP) is 4.37. The van der Waals surface area contributed by atoms with Gasteiger partial charge in [0, 0.05) is 43.5 Å². The lowest BCUT2D eigenvalue weighted by Gasteiger charge is -2.46. The highest BCUT2D eigenvalue weighted by atomic mass is 19.1. The van der Waals surface area contributed by atoms with Crippen molar-refractivity contribution in [2.75, 3.05) is 44.7 Å². The molecule has 1 unspecified atom stereocenters. The van der Waals surface area contributed by atoms with Crippen molar-refractivity contribution < 1.29 is 33.0 Å². The quantitative estimate of drug-likeness (QED) is 0.266. The van der Waals surface area contributed by atoms with Crippen molar-refractivity contribution in [3.05, 3.63) is 71.3 Å². The first-order chi connectivity index (χ1) is 20.0. The molecule has 8 nitrogen and oxygen atoms in total. The number of nitrogens with zero attached hydrogens (tertiary/aromatic N) is 3. The van der Waals surface area contributed by atoms with Crippen LogP contribution in [-0.2, 0) is 26.3 Å². The average molecular weight is 578 g/mol. The van der Waals surface area contributed by atoms with Crippen LogP contribution in [-0.4, -0.2) is 78.8 Å². The van der Waals surface area contributed by atoms with Crippen molar-refractivity contribution >= 4 is 40.9 Å². The number of para-hydroxylation sites is 1. The number of carbonyl (C=O) groups is 3. The molecular weight excluding hydrogens is 544 g/mol. The van der Waals surface area contributed by atoms with Gasteiger partial charge in [0.2, 0.25) is 5.72 Å². The fourth-order valence-corrected chi connectivity index (χ4v) is 6.28. The molecule has 1 atom stereocenters. The predicted molar refractivity (Wildman–Crippen MR) is 156 cm³/mol. The smallest absolute Gasteiger partial charge is 0.315 e. The number of hydrogen-bond acceptors (Lipinski definition) is 8. The van der Waals surface area contributed by atoms with Crippen molar-refractivity contribution in [2.24, 2.45) is 0 Å². The van der Waals surface area contributed by atoms with Gasteiger partial charge < -0.3 is 19.5 Å². The zero-order valence-corrected chi connectivity index (χ0v) is 23.8. The van der Waals surface area contributed by atoms with E-state index in [1.54, 1.807) is 12.1 Å². The summed E-state index contributed by atoms with van der Waals surface area (Å²) in [4.78, 5) is 38.6. The summed E-state index contributed by atoms with van der Waals surface area (Å²) >= 11 is 0. The second kappa shape index (κ2) is 11.3. The number of hydrogen-bond donors (Lipinski definition) is 1. The zero-order valence-electron chi connectivity index (χ0n) is 23.8. The zero-order chi connectivity index (χ0) is 30.2. The van der Waals surface area contributed by atoms with Crippen LogP contribution in [0, 0.1) is 0 Å². The molecule has 10 heteroatoms. The summed E-state index contributed by atoms with van der Waals surface area (Å²) in [6.07, 6.45) is 4.60. The number of likely N-dealkylation sites (N-methyl/N-ethyl adjacent to an activating group) is 1. The van der Waals surface area contributed by atoms with E-state index in [1.165, 1.54) is 9.80 Å². The fourth-order valence-electron chi connectivity index (χ4n) is 6.28. The fraction of sp³-hybridized carbons (Fsp3) is 0.344. The number of phenolic OH excluding ortho intramolecular Hbond substituents is 1. The van der Waals surface area contributed by atoms with Crippen LogP contribution in [0.3, 0.4) is 0 Å². The van der Waals surface area contributed by atoms with Crippen LogP contribution in [0.4, 0.5) is 14.5 Å². The molecule has 0 bridgehead atoms. The number of halogens is 2. The first-order valence-corrected chi connectivity index (χ1v) is 13.7. The SMILES string of the molecule is CN1c2ccccc2C(C)(C)C12C=Cc1c(c(CN(CCN(CC=O)CC(=O)F)CC(=O)F)cc3cc(O)ccc13)O2. The molecule has 0 radical (unpaired) electrons. The van der Waals surface area contributed by atoms with E-state index in [-0.39, 0.29) is 31.9 Å².